The summed E-state index contributed by atoms with van der Waals surface area (Å²) in [6.45, 7) is 3.75. The fraction of sp³-hybridized carbons (Fsp3) is 0.692. The molecule has 0 saturated carbocycles. The Morgan fingerprint density at radius 1 is 1.40 bits per heavy atom. The number of rotatable bonds is 5. The highest BCUT2D eigenvalue weighted by molar-refractivity contribution is 7.93. The van der Waals surface area contributed by atoms with Gasteiger partial charge in [0, 0.05) is 13.6 Å². The molecule has 0 aromatic rings. The SMILES string of the molecule is CCCCN(C)S(=O)(=O)C1=CC(C(F)(F)F)CC(C)=C1. The van der Waals surface area contributed by atoms with E-state index in [-0.39, 0.29) is 11.3 Å². The van der Waals surface area contributed by atoms with Crippen molar-refractivity contribution in [1.82, 2.24) is 4.31 Å². The van der Waals surface area contributed by atoms with Crippen molar-refractivity contribution < 1.29 is 21.6 Å². The minimum atomic E-state index is -4.42. The molecule has 3 nitrogen and oxygen atoms in total. The molecule has 1 rings (SSSR count). The zero-order valence-electron chi connectivity index (χ0n) is 11.9. The van der Waals surface area contributed by atoms with Crippen LogP contribution in [-0.4, -0.2) is 32.5 Å². The third kappa shape index (κ3) is 4.09. The molecule has 0 N–H and O–H groups in total. The van der Waals surface area contributed by atoms with Gasteiger partial charge in [0.25, 0.3) is 0 Å². The lowest BCUT2D eigenvalue weighted by atomic mass is 9.95. The Labute approximate surface area is 118 Å². The first-order valence-electron chi connectivity index (χ1n) is 6.51. The largest absolute Gasteiger partial charge is 0.395 e. The monoisotopic (exact) mass is 311 g/mol. The van der Waals surface area contributed by atoms with Crippen LogP contribution in [0, 0.1) is 5.92 Å². The van der Waals surface area contributed by atoms with Gasteiger partial charge in [-0.05, 0) is 25.8 Å². The van der Waals surface area contributed by atoms with Crippen LogP contribution in [0.4, 0.5) is 13.2 Å². The van der Waals surface area contributed by atoms with Gasteiger partial charge in [0.05, 0.1) is 10.8 Å². The van der Waals surface area contributed by atoms with Crippen molar-refractivity contribution in [1.29, 1.82) is 0 Å². The Balaban J connectivity index is 3.06. The molecule has 0 radical (unpaired) electrons. The lowest BCUT2D eigenvalue weighted by molar-refractivity contribution is -0.160. The number of hydrogen-bond acceptors (Lipinski definition) is 2. The van der Waals surface area contributed by atoms with Crippen LogP contribution in [0.3, 0.4) is 0 Å². The molecule has 0 amide bonds. The first-order chi connectivity index (χ1) is 9.09. The molecule has 1 aliphatic rings. The van der Waals surface area contributed by atoms with Gasteiger partial charge in [0.1, 0.15) is 0 Å². The molecule has 0 heterocycles. The summed E-state index contributed by atoms with van der Waals surface area (Å²) in [4.78, 5) is -0.248. The minimum absolute atomic E-state index is 0.179. The third-order valence-electron chi connectivity index (χ3n) is 3.25. The topological polar surface area (TPSA) is 37.4 Å². The predicted molar refractivity (Wildman–Crippen MR) is 72.5 cm³/mol. The van der Waals surface area contributed by atoms with Crippen LogP contribution < -0.4 is 0 Å². The first kappa shape index (κ1) is 17.2. The molecule has 1 atom stereocenters. The molecule has 0 aromatic heterocycles. The normalized spacial score (nSPS) is 20.9. The summed E-state index contributed by atoms with van der Waals surface area (Å²) < 4.78 is 64.0. The molecule has 1 aliphatic carbocycles. The van der Waals surface area contributed by atoms with Crippen LogP contribution >= 0.6 is 0 Å². The molecule has 0 aliphatic heterocycles. The van der Waals surface area contributed by atoms with Gasteiger partial charge in [-0.25, -0.2) is 12.7 Å². The van der Waals surface area contributed by atoms with Crippen LogP contribution in [-0.2, 0) is 10.0 Å². The van der Waals surface area contributed by atoms with E-state index >= 15 is 0 Å². The van der Waals surface area contributed by atoms with E-state index in [4.69, 9.17) is 0 Å². The first-order valence-corrected chi connectivity index (χ1v) is 7.95. The number of allylic oxidation sites excluding steroid dienone is 3. The Morgan fingerprint density at radius 2 is 2.00 bits per heavy atom. The van der Waals surface area contributed by atoms with Crippen molar-refractivity contribution in [2.75, 3.05) is 13.6 Å². The Kier molecular flexibility index (Phi) is 5.43. The standard InChI is InChI=1S/C13H20F3NO2S/c1-4-5-6-17(3)20(18,19)12-8-10(2)7-11(9-12)13(14,15)16/h8-9,11H,4-7H2,1-3H3. The number of alkyl halides is 3. The van der Waals surface area contributed by atoms with Gasteiger partial charge in [-0.15, -0.1) is 0 Å². The molecule has 0 spiro atoms. The third-order valence-corrected chi connectivity index (χ3v) is 5.10. The van der Waals surface area contributed by atoms with Crippen molar-refractivity contribution in [3.63, 3.8) is 0 Å². The number of unbranched alkanes of at least 4 members (excludes halogenated alkanes) is 1. The fourth-order valence-electron chi connectivity index (χ4n) is 2.01. The highest BCUT2D eigenvalue weighted by Crippen LogP contribution is 2.37. The molecular weight excluding hydrogens is 291 g/mol. The van der Waals surface area contributed by atoms with E-state index in [1.54, 1.807) is 0 Å². The Hall–Kier alpha value is -0.820. The lowest BCUT2D eigenvalue weighted by Crippen LogP contribution is -2.31. The van der Waals surface area contributed by atoms with Crippen LogP contribution in [0.25, 0.3) is 0 Å². The number of sulfonamides is 1. The van der Waals surface area contributed by atoms with E-state index in [9.17, 15) is 21.6 Å². The van der Waals surface area contributed by atoms with E-state index in [2.05, 4.69) is 0 Å². The highest BCUT2D eigenvalue weighted by Gasteiger charge is 2.41. The molecule has 1 unspecified atom stereocenters. The van der Waals surface area contributed by atoms with E-state index in [1.165, 1.54) is 20.0 Å². The van der Waals surface area contributed by atoms with Crippen LogP contribution in [0.1, 0.15) is 33.1 Å². The van der Waals surface area contributed by atoms with Crippen LogP contribution in [0.15, 0.2) is 22.6 Å². The van der Waals surface area contributed by atoms with Gasteiger partial charge in [-0.2, -0.15) is 13.2 Å². The maximum absolute atomic E-state index is 12.8. The molecular formula is C13H20F3NO2S. The maximum Gasteiger partial charge on any atom is 0.395 e. The van der Waals surface area contributed by atoms with Gasteiger partial charge < -0.3 is 0 Å². The molecule has 0 saturated heterocycles. The fourth-order valence-corrected chi connectivity index (χ4v) is 3.42. The average Bonchev–Trinajstić information content (AvgIpc) is 2.33. The van der Waals surface area contributed by atoms with Crippen LogP contribution in [0.2, 0.25) is 0 Å². The number of halogens is 3. The predicted octanol–water partition coefficient (Wildman–Crippen LogP) is 3.46. The van der Waals surface area contributed by atoms with Gasteiger partial charge in [0.2, 0.25) is 10.0 Å². The van der Waals surface area contributed by atoms with Gasteiger partial charge in [0.15, 0.2) is 0 Å². The second-order valence-corrected chi connectivity index (χ2v) is 7.14. The van der Waals surface area contributed by atoms with Gasteiger partial charge >= 0.3 is 6.18 Å². The van der Waals surface area contributed by atoms with Crippen molar-refractivity contribution >= 4 is 10.0 Å². The van der Waals surface area contributed by atoms with Crippen LogP contribution in [0.5, 0.6) is 0 Å². The Bertz CT molecular complexity index is 506. The summed E-state index contributed by atoms with van der Waals surface area (Å²) in [5, 5.41) is 0. The van der Waals surface area contributed by atoms with Crippen molar-refractivity contribution in [2.45, 2.75) is 39.3 Å². The summed E-state index contributed by atoms with van der Waals surface area (Å²) in [7, 11) is -2.45. The zero-order chi connectivity index (χ0) is 15.6. The zero-order valence-corrected chi connectivity index (χ0v) is 12.7. The average molecular weight is 311 g/mol. The second-order valence-electron chi connectivity index (χ2n) is 5.09. The Morgan fingerprint density at radius 3 is 2.50 bits per heavy atom. The van der Waals surface area contributed by atoms with Crippen molar-refractivity contribution in [3.05, 3.63) is 22.6 Å². The van der Waals surface area contributed by atoms with Gasteiger partial charge in [-0.1, -0.05) is 25.0 Å². The maximum atomic E-state index is 12.8. The quantitative estimate of drug-likeness (QED) is 0.780. The van der Waals surface area contributed by atoms with E-state index in [0.29, 0.717) is 18.5 Å². The summed E-state index contributed by atoms with van der Waals surface area (Å²) in [6, 6.07) is 0. The van der Waals surface area contributed by atoms with E-state index < -0.39 is 22.1 Å². The molecule has 0 fully saturated rings. The molecule has 0 bridgehead atoms. The van der Waals surface area contributed by atoms with E-state index in [0.717, 1.165) is 16.8 Å². The molecule has 20 heavy (non-hydrogen) atoms. The summed E-state index contributed by atoms with van der Waals surface area (Å²) >= 11 is 0. The lowest BCUT2D eigenvalue weighted by Gasteiger charge is -2.25. The molecule has 7 heteroatoms. The summed E-state index contributed by atoms with van der Waals surface area (Å²) in [5.41, 5.74) is 0.428. The minimum Gasteiger partial charge on any atom is -0.207 e. The van der Waals surface area contributed by atoms with E-state index in [1.807, 2.05) is 6.92 Å². The number of hydrogen-bond donors (Lipinski definition) is 0. The second kappa shape index (κ2) is 6.30. The van der Waals surface area contributed by atoms with Crippen molar-refractivity contribution in [3.8, 4) is 0 Å². The number of nitrogens with zero attached hydrogens (tertiary/aromatic N) is 1. The van der Waals surface area contributed by atoms with Crippen molar-refractivity contribution in [2.24, 2.45) is 5.92 Å². The smallest absolute Gasteiger partial charge is 0.207 e. The molecule has 0 aromatic carbocycles. The van der Waals surface area contributed by atoms with Gasteiger partial charge in [-0.3, -0.25) is 0 Å². The summed E-state index contributed by atoms with van der Waals surface area (Å²) in [6.07, 6.45) is -0.947. The molecule has 116 valence electrons. The summed E-state index contributed by atoms with van der Waals surface area (Å²) in [5.74, 6) is -1.73. The highest BCUT2D eigenvalue weighted by atomic mass is 32.2.